The van der Waals surface area contributed by atoms with E-state index in [4.69, 9.17) is 5.10 Å². The third kappa shape index (κ3) is 4.31. The van der Waals surface area contributed by atoms with E-state index in [2.05, 4.69) is 156 Å². The molecule has 45 heavy (non-hydrogen) atoms. The van der Waals surface area contributed by atoms with Gasteiger partial charge in [-0.3, -0.25) is 4.68 Å². The first kappa shape index (κ1) is 27.7. The quantitative estimate of drug-likeness (QED) is 0.145. The molecule has 0 bridgehead atoms. The van der Waals surface area contributed by atoms with Crippen molar-refractivity contribution in [1.29, 1.82) is 0 Å². The van der Waals surface area contributed by atoms with Gasteiger partial charge in [-0.05, 0) is 62.3 Å². The van der Waals surface area contributed by atoms with Crippen LogP contribution in [0.4, 0.5) is 22.7 Å². The molecule has 5 nitrogen and oxygen atoms in total. The summed E-state index contributed by atoms with van der Waals surface area (Å²) in [6, 6.07) is 46.5. The first-order valence-electron chi connectivity index (χ1n) is 14.9. The number of para-hydroxylation sites is 3. The second kappa shape index (κ2) is 10.7. The van der Waals surface area contributed by atoms with E-state index in [1.807, 2.05) is 17.7 Å². The number of aromatic nitrogens is 2. The van der Waals surface area contributed by atoms with Crippen molar-refractivity contribution in [3.05, 3.63) is 152 Å². The Kier molecular flexibility index (Phi) is 6.58. The van der Waals surface area contributed by atoms with Crippen molar-refractivity contribution < 1.29 is 21.1 Å². The van der Waals surface area contributed by atoms with Crippen LogP contribution in [0.25, 0.3) is 27.9 Å². The summed E-state index contributed by atoms with van der Waals surface area (Å²) in [7, 11) is 0. The predicted octanol–water partition coefficient (Wildman–Crippen LogP) is 6.91. The Morgan fingerprint density at radius 1 is 0.622 bits per heavy atom. The molecule has 6 aromatic rings. The van der Waals surface area contributed by atoms with Crippen molar-refractivity contribution >= 4 is 40.5 Å². The van der Waals surface area contributed by atoms with E-state index in [9.17, 15) is 0 Å². The maximum atomic E-state index is 4.80. The van der Waals surface area contributed by atoms with Crippen LogP contribution in [0, 0.1) is 32.6 Å². The molecule has 7 heteroatoms. The number of hydrogen-bond donors (Lipinski definition) is 0. The summed E-state index contributed by atoms with van der Waals surface area (Å²) in [5.41, 5.74) is 14.6. The third-order valence-corrected chi connectivity index (χ3v) is 8.84. The topological polar surface area (TPSA) is 27.5 Å². The molecule has 0 saturated heterocycles. The van der Waals surface area contributed by atoms with Gasteiger partial charge in [-0.25, -0.2) is 0 Å². The summed E-state index contributed by atoms with van der Waals surface area (Å²) in [5, 5.41) is 4.80. The first-order chi connectivity index (χ1) is 21.6. The molecule has 0 atom stereocenters. The molecule has 0 saturated carbocycles. The maximum absolute atomic E-state index is 4.80. The fourth-order valence-electron chi connectivity index (χ4n) is 6.93. The van der Waals surface area contributed by atoms with Gasteiger partial charge < -0.3 is 14.6 Å². The van der Waals surface area contributed by atoms with Crippen molar-refractivity contribution in [1.82, 2.24) is 9.78 Å². The number of nitrogens with zero attached hydrogens (tertiary/aromatic N) is 5. The molecule has 1 aromatic heterocycles. The molecule has 3 aliphatic heterocycles. The smallest absolute Gasteiger partial charge is 0.278 e. The Morgan fingerprint density at radius 2 is 1.20 bits per heavy atom. The number of aryl methyl sites for hydroxylation is 2. The Bertz CT molecular complexity index is 2120. The third-order valence-electron chi connectivity index (χ3n) is 8.84. The molecule has 0 spiro atoms. The summed E-state index contributed by atoms with van der Waals surface area (Å²) in [6.07, 6.45) is 4.18. The van der Waals surface area contributed by atoms with Crippen LogP contribution in [0.3, 0.4) is 0 Å². The van der Waals surface area contributed by atoms with Gasteiger partial charge in [-0.2, -0.15) is 40.3 Å². The molecule has 9 rings (SSSR count). The van der Waals surface area contributed by atoms with Crippen LogP contribution in [0.15, 0.2) is 122 Å². The second-order valence-electron chi connectivity index (χ2n) is 11.6. The van der Waals surface area contributed by atoms with Gasteiger partial charge in [0.15, 0.2) is 0 Å². The minimum absolute atomic E-state index is 0. The number of benzene rings is 5. The molecule has 0 fully saturated rings. The molecule has 0 amide bonds. The maximum Gasteiger partial charge on any atom is 0.278 e. The van der Waals surface area contributed by atoms with Crippen molar-refractivity contribution in [2.45, 2.75) is 13.8 Å². The van der Waals surface area contributed by atoms with Gasteiger partial charge in [0.1, 0.15) is 0 Å². The average molecular weight is 760 g/mol. The Balaban J connectivity index is 0.00000300. The minimum atomic E-state index is -0.113. The van der Waals surface area contributed by atoms with E-state index in [-0.39, 0.29) is 27.9 Å². The summed E-state index contributed by atoms with van der Waals surface area (Å²) in [6.45, 7) is 6.13. The van der Waals surface area contributed by atoms with E-state index in [1.165, 1.54) is 33.6 Å². The largest absolute Gasteiger partial charge is 0.500 e. The fourth-order valence-corrected chi connectivity index (χ4v) is 6.93. The van der Waals surface area contributed by atoms with Gasteiger partial charge in [-0.15, -0.1) is 35.6 Å². The van der Waals surface area contributed by atoms with Crippen LogP contribution in [0.5, 0.6) is 0 Å². The molecule has 220 valence electrons. The Labute approximate surface area is 278 Å². The van der Waals surface area contributed by atoms with Gasteiger partial charge in [-0.1, -0.05) is 65.7 Å². The zero-order valence-corrected chi connectivity index (χ0v) is 27.0. The molecule has 0 unspecified atom stereocenters. The molecule has 4 heterocycles. The number of rotatable bonds is 3. The standard InChI is InChI=1S/C38H27BN5.Pt/c1-26-22-27(2)44(40-26)30-17-19-32-34-13-7-9-15-38(34)43-37-14-8-6-12-33(37)31-18-16-29(23-35(31)39(43)36(32)24-30)42-21-20-41(25-42)28-10-4-3-5-11-28;/h3-22,25H,1-2H3;/q-3;. The van der Waals surface area contributed by atoms with Gasteiger partial charge in [0.2, 0.25) is 0 Å². The van der Waals surface area contributed by atoms with Crippen molar-refractivity contribution in [2.24, 2.45) is 0 Å². The van der Waals surface area contributed by atoms with Crippen LogP contribution in [0.1, 0.15) is 11.4 Å². The number of hydrogen-bond acceptors (Lipinski definition) is 4. The van der Waals surface area contributed by atoms with Crippen molar-refractivity contribution in [2.75, 3.05) is 14.6 Å². The number of anilines is 4. The molecule has 5 aromatic carbocycles. The monoisotopic (exact) mass is 759 g/mol. The Morgan fingerprint density at radius 3 is 1.84 bits per heavy atom. The summed E-state index contributed by atoms with van der Waals surface area (Å²) in [4.78, 5) is 6.76. The van der Waals surface area contributed by atoms with E-state index in [0.717, 1.165) is 39.4 Å². The molecular formula is C38H27BN5Pt-3. The van der Waals surface area contributed by atoms with Crippen molar-refractivity contribution in [3.63, 3.8) is 0 Å². The van der Waals surface area contributed by atoms with Gasteiger partial charge in [0.25, 0.3) is 6.85 Å². The normalized spacial score (nSPS) is 13.9. The van der Waals surface area contributed by atoms with E-state index < -0.39 is 0 Å². The van der Waals surface area contributed by atoms with Gasteiger partial charge in [0.05, 0.1) is 5.69 Å². The van der Waals surface area contributed by atoms with Crippen LogP contribution in [-0.2, 0) is 21.1 Å². The van der Waals surface area contributed by atoms with Gasteiger partial charge in [0, 0.05) is 43.8 Å². The van der Waals surface area contributed by atoms with E-state index in [0.29, 0.717) is 0 Å². The average Bonchev–Trinajstić information content (AvgIpc) is 3.70. The minimum Gasteiger partial charge on any atom is -0.500 e. The van der Waals surface area contributed by atoms with Gasteiger partial charge >= 0.3 is 0 Å². The summed E-state index contributed by atoms with van der Waals surface area (Å²) >= 11 is 0. The summed E-state index contributed by atoms with van der Waals surface area (Å²) in [5.74, 6) is 0. The number of fused-ring (bicyclic) bond motifs is 11. The van der Waals surface area contributed by atoms with Crippen molar-refractivity contribution in [3.8, 4) is 27.9 Å². The fraction of sp³-hybridized carbons (Fsp3) is 0.0526. The van der Waals surface area contributed by atoms with Crippen LogP contribution in [-0.4, -0.2) is 16.6 Å². The SMILES string of the molecule is Cc1cc(C)n(-c2[c-]c3c(cc2)-c2ccccc2N2B3c3[c-]c(N4C=CN(c5ccccc5)[CH-]4)ccc3-c3ccccc32)n1.[Pt]. The summed E-state index contributed by atoms with van der Waals surface area (Å²) < 4.78 is 2.00. The molecule has 0 radical (unpaired) electrons. The zero-order valence-electron chi connectivity index (χ0n) is 24.8. The van der Waals surface area contributed by atoms with Crippen LogP contribution in [0.2, 0.25) is 0 Å². The van der Waals surface area contributed by atoms with E-state index in [1.54, 1.807) is 0 Å². The Hall–Kier alpha value is -4.80. The van der Waals surface area contributed by atoms with Crippen LogP contribution < -0.4 is 25.5 Å². The van der Waals surface area contributed by atoms with E-state index >= 15 is 0 Å². The molecular weight excluding hydrogens is 732 g/mol. The zero-order chi connectivity index (χ0) is 29.4. The first-order valence-corrected chi connectivity index (χ1v) is 14.9. The molecule has 0 aliphatic carbocycles. The second-order valence-corrected chi connectivity index (χ2v) is 11.6. The molecule has 3 aliphatic rings. The van der Waals surface area contributed by atoms with Crippen LogP contribution >= 0.6 is 0 Å². The predicted molar refractivity (Wildman–Crippen MR) is 180 cm³/mol. The molecule has 0 N–H and O–H groups in total.